The van der Waals surface area contributed by atoms with Crippen LogP contribution in [0.5, 0.6) is 5.75 Å². The van der Waals surface area contributed by atoms with Gasteiger partial charge in [-0.2, -0.15) is 0 Å². The van der Waals surface area contributed by atoms with E-state index in [-0.39, 0.29) is 25.0 Å². The first-order valence-corrected chi connectivity index (χ1v) is 12.4. The van der Waals surface area contributed by atoms with Crippen LogP contribution >= 0.6 is 34.5 Å². The maximum absolute atomic E-state index is 12.1. The summed E-state index contributed by atoms with van der Waals surface area (Å²) in [7, 11) is 0. The summed E-state index contributed by atoms with van der Waals surface area (Å²) >= 11 is 14.3. The van der Waals surface area contributed by atoms with Gasteiger partial charge in [-0.05, 0) is 32.0 Å². The number of thiazole rings is 1. The molecule has 0 saturated carbocycles. The summed E-state index contributed by atoms with van der Waals surface area (Å²) in [5, 5.41) is 4.35. The Hall–Kier alpha value is -2.74. The third-order valence-electron chi connectivity index (χ3n) is 5.32. The Kier molecular flexibility index (Phi) is 7.36. The fraction of sp³-hybridized carbons (Fsp3) is 0.280. The topological polar surface area (TPSA) is 77.0 Å². The number of rotatable bonds is 7. The lowest BCUT2D eigenvalue weighted by molar-refractivity contribution is -0.124. The number of hydrogen-bond acceptors (Lipinski definition) is 6. The highest BCUT2D eigenvalue weighted by molar-refractivity contribution is 7.14. The monoisotopic (exact) mass is 514 g/mol. The number of carbonyl (C=O) groups excluding carboxylic acids is 1. The molecule has 1 aromatic carbocycles. The number of fused-ring (bicyclic) bond motifs is 1. The van der Waals surface area contributed by atoms with Gasteiger partial charge in [0.2, 0.25) is 5.91 Å². The van der Waals surface area contributed by atoms with E-state index in [9.17, 15) is 4.79 Å². The van der Waals surface area contributed by atoms with Crippen LogP contribution in [0.1, 0.15) is 36.5 Å². The van der Waals surface area contributed by atoms with Gasteiger partial charge in [-0.25, -0.2) is 9.97 Å². The summed E-state index contributed by atoms with van der Waals surface area (Å²) in [6.07, 6.45) is 0. The van der Waals surface area contributed by atoms with Crippen molar-refractivity contribution in [3.05, 3.63) is 67.8 Å². The van der Waals surface area contributed by atoms with Gasteiger partial charge >= 0.3 is 0 Å². The number of amides is 1. The van der Waals surface area contributed by atoms with Crippen LogP contribution in [0.25, 0.3) is 22.2 Å². The number of hydrogen-bond donors (Lipinski definition) is 1. The number of nitrogens with zero attached hydrogens (tertiary/aromatic N) is 3. The van der Waals surface area contributed by atoms with Crippen molar-refractivity contribution >= 4 is 51.3 Å². The van der Waals surface area contributed by atoms with Gasteiger partial charge in [0, 0.05) is 33.8 Å². The molecule has 0 spiro atoms. The molecule has 4 rings (SSSR count). The van der Waals surface area contributed by atoms with Crippen molar-refractivity contribution in [1.82, 2.24) is 20.3 Å². The third kappa shape index (κ3) is 5.17. The van der Waals surface area contributed by atoms with Crippen molar-refractivity contribution in [2.24, 2.45) is 5.92 Å². The molecule has 0 fully saturated rings. The van der Waals surface area contributed by atoms with Crippen molar-refractivity contribution in [2.75, 3.05) is 0 Å². The molecule has 1 amide bonds. The van der Waals surface area contributed by atoms with Crippen molar-refractivity contribution in [3.63, 3.8) is 0 Å². The molecule has 0 atom stereocenters. The van der Waals surface area contributed by atoms with E-state index in [2.05, 4.69) is 15.3 Å². The minimum Gasteiger partial charge on any atom is -0.486 e. The second-order valence-electron chi connectivity index (χ2n) is 8.27. The molecule has 6 nitrogen and oxygen atoms in total. The molecule has 3 heterocycles. The molecule has 9 heteroatoms. The highest BCUT2D eigenvalue weighted by Crippen LogP contribution is 2.37. The van der Waals surface area contributed by atoms with Crippen molar-refractivity contribution < 1.29 is 9.53 Å². The van der Waals surface area contributed by atoms with E-state index >= 15 is 0 Å². The Morgan fingerprint density at radius 3 is 2.62 bits per heavy atom. The van der Waals surface area contributed by atoms with Gasteiger partial charge in [-0.15, -0.1) is 11.3 Å². The predicted octanol–water partition coefficient (Wildman–Crippen LogP) is 6.53. The lowest BCUT2D eigenvalue weighted by Gasteiger charge is -2.16. The Labute approximate surface area is 212 Å². The largest absolute Gasteiger partial charge is 0.486 e. The fourth-order valence-corrected chi connectivity index (χ4v) is 4.73. The molecular weight excluding hydrogens is 491 g/mol. The SMILES string of the molecule is Cc1cc(Cl)c(COc2cccc3c(-c4ncsc4Cl)cc(C)nc23)c(CNC(=O)C(C)C)n1. The van der Waals surface area contributed by atoms with E-state index in [1.165, 1.54) is 11.3 Å². The van der Waals surface area contributed by atoms with Gasteiger partial charge in [-0.3, -0.25) is 9.78 Å². The molecular formula is C25H24Cl2N4O2S. The first-order chi connectivity index (χ1) is 16.2. The zero-order valence-electron chi connectivity index (χ0n) is 19.3. The lowest BCUT2D eigenvalue weighted by Crippen LogP contribution is -2.28. The van der Waals surface area contributed by atoms with Crippen LogP contribution in [-0.2, 0) is 17.9 Å². The number of halogens is 2. The van der Waals surface area contributed by atoms with E-state index in [4.69, 9.17) is 32.9 Å². The van der Waals surface area contributed by atoms with Crippen LogP contribution in [0.15, 0.2) is 35.8 Å². The van der Waals surface area contributed by atoms with Crippen molar-refractivity contribution in [2.45, 2.75) is 40.8 Å². The Balaban J connectivity index is 1.68. The summed E-state index contributed by atoms with van der Waals surface area (Å²) in [6, 6.07) is 9.53. The maximum Gasteiger partial charge on any atom is 0.222 e. The zero-order chi connectivity index (χ0) is 24.4. The first kappa shape index (κ1) is 24.4. The van der Waals surface area contributed by atoms with Crippen LogP contribution in [0.2, 0.25) is 9.36 Å². The zero-order valence-corrected chi connectivity index (χ0v) is 21.6. The highest BCUT2D eigenvalue weighted by atomic mass is 35.5. The second-order valence-corrected chi connectivity index (χ2v) is 10.1. The average Bonchev–Trinajstić information content (AvgIpc) is 3.21. The maximum atomic E-state index is 12.1. The number of nitrogens with one attached hydrogen (secondary N) is 1. The van der Waals surface area contributed by atoms with Crippen LogP contribution in [0, 0.1) is 19.8 Å². The number of pyridine rings is 2. The van der Waals surface area contributed by atoms with Crippen molar-refractivity contribution in [3.8, 4) is 17.0 Å². The molecule has 176 valence electrons. The predicted molar refractivity (Wildman–Crippen MR) is 138 cm³/mol. The molecule has 1 N–H and O–H groups in total. The van der Waals surface area contributed by atoms with Gasteiger partial charge in [0.05, 0.1) is 22.8 Å². The fourth-order valence-electron chi connectivity index (χ4n) is 3.61. The van der Waals surface area contributed by atoms with Gasteiger partial charge in [-0.1, -0.05) is 49.2 Å². The quantitative estimate of drug-likeness (QED) is 0.303. The third-order valence-corrected chi connectivity index (χ3v) is 6.71. The van der Waals surface area contributed by atoms with E-state index in [1.54, 1.807) is 11.6 Å². The number of benzene rings is 1. The molecule has 4 aromatic rings. The van der Waals surface area contributed by atoms with E-state index in [0.29, 0.717) is 26.3 Å². The van der Waals surface area contributed by atoms with Gasteiger partial charge in [0.25, 0.3) is 0 Å². The molecule has 3 aromatic heterocycles. The lowest BCUT2D eigenvalue weighted by atomic mass is 10.0. The van der Waals surface area contributed by atoms with Crippen LogP contribution in [-0.4, -0.2) is 20.9 Å². The highest BCUT2D eigenvalue weighted by Gasteiger charge is 2.17. The molecule has 0 aliphatic heterocycles. The molecule has 0 bridgehead atoms. The number of aryl methyl sites for hydroxylation is 2. The van der Waals surface area contributed by atoms with E-state index in [0.717, 1.165) is 33.6 Å². The van der Waals surface area contributed by atoms with Gasteiger partial charge in [0.1, 0.15) is 27.9 Å². The molecule has 0 aliphatic carbocycles. The smallest absolute Gasteiger partial charge is 0.222 e. The molecule has 0 aliphatic rings. The van der Waals surface area contributed by atoms with Gasteiger partial charge in [0.15, 0.2) is 0 Å². The summed E-state index contributed by atoms with van der Waals surface area (Å²) in [6.45, 7) is 7.94. The second kappa shape index (κ2) is 10.3. The number of para-hydroxylation sites is 1. The first-order valence-electron chi connectivity index (χ1n) is 10.8. The Morgan fingerprint density at radius 2 is 1.91 bits per heavy atom. The summed E-state index contributed by atoms with van der Waals surface area (Å²) in [4.78, 5) is 25.8. The molecule has 34 heavy (non-hydrogen) atoms. The van der Waals surface area contributed by atoms with E-state index in [1.807, 2.05) is 52.0 Å². The van der Waals surface area contributed by atoms with Crippen LogP contribution in [0.4, 0.5) is 0 Å². The number of aromatic nitrogens is 3. The van der Waals surface area contributed by atoms with Crippen LogP contribution in [0.3, 0.4) is 0 Å². The minimum absolute atomic E-state index is 0.0479. The number of ether oxygens (including phenoxy) is 1. The van der Waals surface area contributed by atoms with Crippen LogP contribution < -0.4 is 10.1 Å². The normalized spacial score (nSPS) is 11.3. The standard InChI is InChI=1S/C25H24Cl2N4O2S/c1-13(2)25(32)28-10-20-18(19(26)9-15(4)30-20)11-33-21-7-5-6-16-17(8-14(3)31-22(16)21)23-24(27)34-12-29-23/h5-9,12-13H,10-11H2,1-4H3,(H,28,32). The van der Waals surface area contributed by atoms with E-state index < -0.39 is 0 Å². The minimum atomic E-state index is -0.120. The molecule has 0 radical (unpaired) electrons. The summed E-state index contributed by atoms with van der Waals surface area (Å²) < 4.78 is 6.86. The summed E-state index contributed by atoms with van der Waals surface area (Å²) in [5.74, 6) is 0.446. The molecule has 0 saturated heterocycles. The summed E-state index contributed by atoms with van der Waals surface area (Å²) in [5.41, 5.74) is 7.09. The molecule has 0 unspecified atom stereocenters. The average molecular weight is 515 g/mol. The Morgan fingerprint density at radius 1 is 1.15 bits per heavy atom. The number of carbonyl (C=O) groups is 1. The Bertz CT molecular complexity index is 1370. The van der Waals surface area contributed by atoms with Gasteiger partial charge < -0.3 is 10.1 Å². The van der Waals surface area contributed by atoms with Crippen molar-refractivity contribution in [1.29, 1.82) is 0 Å².